The van der Waals surface area contributed by atoms with Gasteiger partial charge in [-0.2, -0.15) is 4.31 Å². The van der Waals surface area contributed by atoms with Crippen molar-refractivity contribution in [1.82, 2.24) is 4.31 Å². The highest BCUT2D eigenvalue weighted by Gasteiger charge is 2.46. The number of primary sulfonamides is 1. The van der Waals surface area contributed by atoms with E-state index in [0.29, 0.717) is 10.8 Å². The largest absolute Gasteiger partial charge is 0.497 e. The van der Waals surface area contributed by atoms with Gasteiger partial charge in [-0.15, -0.1) is 0 Å². The molecular formula is C25H24ClN3O7S2. The van der Waals surface area contributed by atoms with E-state index >= 15 is 0 Å². The lowest BCUT2D eigenvalue weighted by Crippen LogP contribution is -2.46. The first-order valence-electron chi connectivity index (χ1n) is 11.3. The van der Waals surface area contributed by atoms with E-state index in [0.717, 1.165) is 14.8 Å². The van der Waals surface area contributed by atoms with Crippen molar-refractivity contribution in [3.05, 3.63) is 83.4 Å². The second-order valence-corrected chi connectivity index (χ2v) is 12.4. The summed E-state index contributed by atoms with van der Waals surface area (Å²) in [6.07, 6.45) is -0.155. The fourth-order valence-corrected chi connectivity index (χ4v) is 6.47. The van der Waals surface area contributed by atoms with Crippen molar-refractivity contribution >= 4 is 49.1 Å². The van der Waals surface area contributed by atoms with Crippen LogP contribution >= 0.6 is 11.6 Å². The molecule has 1 unspecified atom stereocenters. The zero-order chi connectivity index (χ0) is 27.7. The highest BCUT2D eigenvalue weighted by Crippen LogP contribution is 2.31. The number of sulfonamides is 2. The van der Waals surface area contributed by atoms with Gasteiger partial charge in [0, 0.05) is 11.6 Å². The van der Waals surface area contributed by atoms with Gasteiger partial charge in [0.2, 0.25) is 26.0 Å². The van der Waals surface area contributed by atoms with Gasteiger partial charge in [-0.25, -0.2) is 26.9 Å². The van der Waals surface area contributed by atoms with Crippen molar-refractivity contribution in [3.63, 3.8) is 0 Å². The molecule has 1 saturated heterocycles. The van der Waals surface area contributed by atoms with Crippen molar-refractivity contribution < 1.29 is 31.2 Å². The Bertz CT molecular complexity index is 1580. The number of carbonyl (C=O) groups is 2. The topological polar surface area (TPSA) is 144 Å². The van der Waals surface area contributed by atoms with Crippen LogP contribution in [0.25, 0.3) is 0 Å². The van der Waals surface area contributed by atoms with Gasteiger partial charge in [0.25, 0.3) is 5.91 Å². The van der Waals surface area contributed by atoms with E-state index in [-0.39, 0.29) is 34.9 Å². The molecule has 3 aromatic carbocycles. The summed E-state index contributed by atoms with van der Waals surface area (Å²) >= 11 is 6.08. The molecule has 0 spiro atoms. The molecule has 10 nitrogen and oxygen atoms in total. The molecule has 1 heterocycles. The van der Waals surface area contributed by atoms with Crippen LogP contribution < -0.4 is 14.8 Å². The van der Waals surface area contributed by atoms with Gasteiger partial charge in [-0.05, 0) is 72.6 Å². The number of rotatable bonds is 9. The smallest absolute Gasteiger partial charge is 0.252 e. The molecule has 0 aromatic heterocycles. The Morgan fingerprint density at radius 3 is 2.18 bits per heavy atom. The van der Waals surface area contributed by atoms with Crippen molar-refractivity contribution in [2.24, 2.45) is 5.14 Å². The first kappa shape index (κ1) is 27.7. The van der Waals surface area contributed by atoms with Crippen LogP contribution in [0.4, 0.5) is 5.69 Å². The lowest BCUT2D eigenvalue weighted by atomic mass is 10.1. The number of halogens is 1. The molecule has 4 rings (SSSR count). The van der Waals surface area contributed by atoms with E-state index in [2.05, 4.69) is 0 Å². The Hall–Kier alpha value is -3.29. The number of hydrogen-bond acceptors (Lipinski definition) is 7. The highest BCUT2D eigenvalue weighted by atomic mass is 35.5. The standard InChI is InChI=1S/C25H24ClN3O7S2/c1-36-20-7-11-22(12-8-20)38(34,35)28(14-13-17-3-2-4-18(26)15-17)23-16-24(30)29(25(23)31)19-5-9-21(10-6-19)37(27,32)33/h2-12,15,23H,13-14,16H2,1H3,(H2,27,32,33). The quantitative estimate of drug-likeness (QED) is 0.385. The Kier molecular flexibility index (Phi) is 7.90. The molecule has 1 atom stereocenters. The summed E-state index contributed by atoms with van der Waals surface area (Å²) in [5.74, 6) is -0.918. The zero-order valence-corrected chi connectivity index (χ0v) is 22.5. The van der Waals surface area contributed by atoms with Crippen molar-refractivity contribution in [3.8, 4) is 5.75 Å². The van der Waals surface area contributed by atoms with Gasteiger partial charge in [-0.1, -0.05) is 23.7 Å². The fraction of sp³-hybridized carbons (Fsp3) is 0.200. The molecule has 0 saturated carbocycles. The van der Waals surface area contributed by atoms with Gasteiger partial charge in [0.05, 0.1) is 29.0 Å². The maximum absolute atomic E-state index is 13.8. The molecule has 13 heteroatoms. The third-order valence-corrected chi connectivity index (χ3v) is 9.16. The van der Waals surface area contributed by atoms with Crippen LogP contribution in [0.5, 0.6) is 5.75 Å². The van der Waals surface area contributed by atoms with Crippen LogP contribution in [0.15, 0.2) is 82.6 Å². The predicted molar refractivity (Wildman–Crippen MR) is 141 cm³/mol. The summed E-state index contributed by atoms with van der Waals surface area (Å²) in [6, 6.07) is 16.2. The van der Waals surface area contributed by atoms with Gasteiger partial charge in [0.1, 0.15) is 11.8 Å². The number of imide groups is 1. The summed E-state index contributed by atoms with van der Waals surface area (Å²) < 4.78 is 56.8. The minimum absolute atomic E-state index is 0.0689. The van der Waals surface area contributed by atoms with Crippen LogP contribution in [0, 0.1) is 0 Å². The van der Waals surface area contributed by atoms with Gasteiger partial charge in [0.15, 0.2) is 0 Å². The summed E-state index contributed by atoms with van der Waals surface area (Å²) in [6.45, 7) is -0.101. The molecule has 0 bridgehead atoms. The van der Waals surface area contributed by atoms with Crippen LogP contribution in [0.2, 0.25) is 5.02 Å². The van der Waals surface area contributed by atoms with Crippen LogP contribution in [0.3, 0.4) is 0 Å². The molecular weight excluding hydrogens is 554 g/mol. The number of carbonyl (C=O) groups excluding carboxylic acids is 2. The van der Waals surface area contributed by atoms with Gasteiger partial charge in [-0.3, -0.25) is 9.59 Å². The minimum atomic E-state index is -4.23. The third-order valence-electron chi connectivity index (χ3n) is 6.07. The summed E-state index contributed by atoms with van der Waals surface area (Å²) in [5, 5.41) is 5.60. The number of nitrogens with zero attached hydrogens (tertiary/aromatic N) is 2. The average molecular weight is 578 g/mol. The number of hydrogen-bond donors (Lipinski definition) is 1. The van der Waals surface area contributed by atoms with E-state index in [4.69, 9.17) is 21.5 Å². The molecule has 1 aliphatic heterocycles. The summed E-state index contributed by atoms with van der Waals surface area (Å²) in [7, 11) is -6.76. The maximum atomic E-state index is 13.8. The van der Waals surface area contributed by atoms with E-state index in [1.54, 1.807) is 24.3 Å². The molecule has 0 radical (unpaired) electrons. The minimum Gasteiger partial charge on any atom is -0.497 e. The second kappa shape index (κ2) is 10.8. The molecule has 38 heavy (non-hydrogen) atoms. The number of benzene rings is 3. The highest BCUT2D eigenvalue weighted by molar-refractivity contribution is 7.89. The number of nitrogens with two attached hydrogens (primary N) is 1. The van der Waals surface area contributed by atoms with E-state index in [9.17, 15) is 26.4 Å². The lowest BCUT2D eigenvalue weighted by molar-refractivity contribution is -0.122. The van der Waals surface area contributed by atoms with Crippen LogP contribution in [-0.4, -0.2) is 52.7 Å². The maximum Gasteiger partial charge on any atom is 0.252 e. The molecule has 3 aromatic rings. The van der Waals surface area contributed by atoms with E-state index in [1.165, 1.54) is 55.6 Å². The Labute approximate surface area is 225 Å². The second-order valence-electron chi connectivity index (χ2n) is 8.50. The predicted octanol–water partition coefficient (Wildman–Crippen LogP) is 2.56. The summed E-state index contributed by atoms with van der Waals surface area (Å²) in [4.78, 5) is 27.0. The summed E-state index contributed by atoms with van der Waals surface area (Å²) in [5.41, 5.74) is 0.853. The van der Waals surface area contributed by atoms with Crippen molar-refractivity contribution in [2.45, 2.75) is 28.7 Å². The number of ether oxygens (including phenoxy) is 1. The van der Waals surface area contributed by atoms with Gasteiger partial charge < -0.3 is 4.74 Å². The number of amides is 2. The molecule has 0 aliphatic carbocycles. The van der Waals surface area contributed by atoms with E-state index < -0.39 is 37.9 Å². The average Bonchev–Trinajstić information content (AvgIpc) is 3.17. The SMILES string of the molecule is COc1ccc(S(=O)(=O)N(CCc2cccc(Cl)c2)C2CC(=O)N(c3ccc(S(N)(=O)=O)cc3)C2=O)cc1. The first-order chi connectivity index (χ1) is 17.9. The monoisotopic (exact) mass is 577 g/mol. The first-order valence-corrected chi connectivity index (χ1v) is 14.7. The van der Waals surface area contributed by atoms with Gasteiger partial charge >= 0.3 is 0 Å². The molecule has 1 fully saturated rings. The van der Waals surface area contributed by atoms with E-state index in [1.807, 2.05) is 0 Å². The molecule has 2 amide bonds. The lowest BCUT2D eigenvalue weighted by Gasteiger charge is -2.27. The Morgan fingerprint density at radius 1 is 0.974 bits per heavy atom. The van der Waals surface area contributed by atoms with Crippen molar-refractivity contribution in [2.75, 3.05) is 18.6 Å². The number of methoxy groups -OCH3 is 1. The zero-order valence-electron chi connectivity index (χ0n) is 20.2. The van der Waals surface area contributed by atoms with Crippen LogP contribution in [0.1, 0.15) is 12.0 Å². The van der Waals surface area contributed by atoms with Crippen molar-refractivity contribution in [1.29, 1.82) is 0 Å². The molecule has 2 N–H and O–H groups in total. The molecule has 1 aliphatic rings. The molecule has 200 valence electrons. The third kappa shape index (κ3) is 5.74. The Balaban J connectivity index is 1.69. The Morgan fingerprint density at radius 2 is 1.61 bits per heavy atom. The normalized spacial score (nSPS) is 16.3. The fourth-order valence-electron chi connectivity index (χ4n) is 4.16. The van der Waals surface area contributed by atoms with Crippen LogP contribution in [-0.2, 0) is 36.1 Å². The number of anilines is 1.